The van der Waals surface area contributed by atoms with E-state index in [-0.39, 0.29) is 18.6 Å². The normalized spacial score (nSPS) is 13.8. The van der Waals surface area contributed by atoms with Crippen LogP contribution in [0.5, 0.6) is 5.75 Å². The zero-order valence-electron chi connectivity index (χ0n) is 22.1. The lowest BCUT2D eigenvalue weighted by atomic mass is 9.69. The first-order chi connectivity index (χ1) is 16.1. The van der Waals surface area contributed by atoms with Crippen molar-refractivity contribution in [2.75, 3.05) is 13.2 Å². The molecule has 0 aromatic heterocycles. The Labute approximate surface area is 206 Å². The van der Waals surface area contributed by atoms with Crippen LogP contribution in [-0.2, 0) is 5.41 Å². The van der Waals surface area contributed by atoms with Crippen LogP contribution in [0.4, 0.5) is 0 Å². The summed E-state index contributed by atoms with van der Waals surface area (Å²) in [6.45, 7) is 14.5. The van der Waals surface area contributed by atoms with E-state index in [0.717, 1.165) is 29.7 Å². The summed E-state index contributed by atoms with van der Waals surface area (Å²) in [5.41, 5.74) is 6.15. The Balaban J connectivity index is 2.45. The molecule has 0 amide bonds. The highest BCUT2D eigenvalue weighted by Gasteiger charge is 2.31. The Morgan fingerprint density at radius 2 is 1.47 bits per heavy atom. The van der Waals surface area contributed by atoms with Gasteiger partial charge in [-0.25, -0.2) is 0 Å². The van der Waals surface area contributed by atoms with Gasteiger partial charge in [0.15, 0.2) is 0 Å². The molecule has 0 bridgehead atoms. The standard InChI is InChI=1S/C30H44O4/c1-8-29(33,9-2)18-23(7)27-14-12-24(16-21(27)5)30(10-3,11-4)25-13-15-28(22(6)17-25)34-20-26(32)19-31/h12-18,26,31-33H,8-11,19-20H2,1-7H3. The van der Waals surface area contributed by atoms with E-state index in [9.17, 15) is 10.2 Å². The molecule has 34 heavy (non-hydrogen) atoms. The van der Waals surface area contributed by atoms with Gasteiger partial charge in [0.2, 0.25) is 0 Å². The molecule has 2 rings (SSSR count). The molecule has 0 aliphatic heterocycles. The number of hydrogen-bond acceptors (Lipinski definition) is 4. The van der Waals surface area contributed by atoms with Crippen molar-refractivity contribution >= 4 is 5.57 Å². The lowest BCUT2D eigenvalue weighted by Crippen LogP contribution is -2.27. The molecular formula is C30H44O4. The topological polar surface area (TPSA) is 69.9 Å². The van der Waals surface area contributed by atoms with Crippen LogP contribution in [-0.4, -0.2) is 40.2 Å². The SMILES string of the molecule is CCC(O)(C=C(C)c1ccc(C(CC)(CC)c2ccc(OCC(O)CO)c(C)c2)cc1C)CC. The molecule has 0 aliphatic carbocycles. The monoisotopic (exact) mass is 468 g/mol. The summed E-state index contributed by atoms with van der Waals surface area (Å²) < 4.78 is 5.71. The summed E-state index contributed by atoms with van der Waals surface area (Å²) in [6.07, 6.45) is 4.46. The van der Waals surface area contributed by atoms with Gasteiger partial charge in [0.05, 0.1) is 12.2 Å². The first-order valence-electron chi connectivity index (χ1n) is 12.7. The van der Waals surface area contributed by atoms with Crippen molar-refractivity contribution in [3.8, 4) is 5.75 Å². The quantitative estimate of drug-likeness (QED) is 0.352. The number of aliphatic hydroxyl groups is 3. The number of allylic oxidation sites excluding steroid dienone is 1. The van der Waals surface area contributed by atoms with Crippen LogP contribution < -0.4 is 4.74 Å². The van der Waals surface area contributed by atoms with Crippen molar-refractivity contribution < 1.29 is 20.1 Å². The molecule has 0 fully saturated rings. The van der Waals surface area contributed by atoms with Crippen LogP contribution >= 0.6 is 0 Å². The van der Waals surface area contributed by atoms with Gasteiger partial charge in [-0.2, -0.15) is 0 Å². The highest BCUT2D eigenvalue weighted by Crippen LogP contribution is 2.41. The van der Waals surface area contributed by atoms with E-state index in [1.165, 1.54) is 22.3 Å². The molecular weight excluding hydrogens is 424 g/mol. The zero-order chi connectivity index (χ0) is 25.5. The summed E-state index contributed by atoms with van der Waals surface area (Å²) in [4.78, 5) is 0. The molecule has 0 heterocycles. The van der Waals surface area contributed by atoms with E-state index in [4.69, 9.17) is 9.84 Å². The Hall–Kier alpha value is -2.14. The van der Waals surface area contributed by atoms with Gasteiger partial charge in [0, 0.05) is 5.41 Å². The van der Waals surface area contributed by atoms with Gasteiger partial charge in [0.25, 0.3) is 0 Å². The van der Waals surface area contributed by atoms with Crippen molar-refractivity contribution in [1.29, 1.82) is 0 Å². The van der Waals surface area contributed by atoms with Gasteiger partial charge in [-0.1, -0.05) is 58.0 Å². The minimum Gasteiger partial charge on any atom is -0.491 e. The minimum absolute atomic E-state index is 0.0715. The van der Waals surface area contributed by atoms with Crippen LogP contribution in [0.1, 0.15) is 88.1 Å². The first kappa shape index (κ1) is 28.1. The third-order valence-electron chi connectivity index (χ3n) is 7.49. The van der Waals surface area contributed by atoms with Gasteiger partial charge in [0.1, 0.15) is 18.5 Å². The predicted molar refractivity (Wildman–Crippen MR) is 141 cm³/mol. The fraction of sp³-hybridized carbons (Fsp3) is 0.533. The Morgan fingerprint density at radius 1 is 0.912 bits per heavy atom. The smallest absolute Gasteiger partial charge is 0.122 e. The second-order valence-corrected chi connectivity index (χ2v) is 9.58. The highest BCUT2D eigenvalue weighted by atomic mass is 16.5. The number of hydrogen-bond donors (Lipinski definition) is 3. The third kappa shape index (κ3) is 6.10. The minimum atomic E-state index is -0.880. The van der Waals surface area contributed by atoms with Crippen LogP contribution in [0.15, 0.2) is 42.5 Å². The Kier molecular flexibility index (Phi) is 9.93. The average molecular weight is 469 g/mol. The fourth-order valence-corrected chi connectivity index (χ4v) is 4.92. The molecule has 2 aromatic rings. The van der Waals surface area contributed by atoms with Gasteiger partial charge < -0.3 is 20.1 Å². The van der Waals surface area contributed by atoms with Gasteiger partial charge in [-0.15, -0.1) is 0 Å². The second-order valence-electron chi connectivity index (χ2n) is 9.58. The lowest BCUT2D eigenvalue weighted by Gasteiger charge is -2.34. The van der Waals surface area contributed by atoms with E-state index in [2.05, 4.69) is 58.0 Å². The zero-order valence-corrected chi connectivity index (χ0v) is 22.1. The Morgan fingerprint density at radius 3 is 1.94 bits per heavy atom. The Bertz CT molecular complexity index is 968. The van der Waals surface area contributed by atoms with E-state index in [1.807, 2.05) is 32.9 Å². The van der Waals surface area contributed by atoms with E-state index >= 15 is 0 Å². The summed E-state index contributed by atoms with van der Waals surface area (Å²) in [5, 5.41) is 29.4. The van der Waals surface area contributed by atoms with Crippen LogP contribution in [0.25, 0.3) is 5.57 Å². The van der Waals surface area contributed by atoms with Crippen LogP contribution in [0.2, 0.25) is 0 Å². The maximum absolute atomic E-state index is 10.8. The number of benzene rings is 2. The van der Waals surface area contributed by atoms with Crippen molar-refractivity contribution in [2.24, 2.45) is 0 Å². The van der Waals surface area contributed by atoms with Crippen LogP contribution in [0, 0.1) is 13.8 Å². The van der Waals surface area contributed by atoms with Gasteiger partial charge in [-0.3, -0.25) is 0 Å². The largest absolute Gasteiger partial charge is 0.491 e. The average Bonchev–Trinajstić information content (AvgIpc) is 2.84. The number of ether oxygens (including phenoxy) is 1. The number of rotatable bonds is 12. The van der Waals surface area contributed by atoms with Crippen LogP contribution in [0.3, 0.4) is 0 Å². The summed E-state index contributed by atoms with van der Waals surface area (Å²) in [5.74, 6) is 0.726. The molecule has 2 aromatic carbocycles. The molecule has 0 saturated heterocycles. The molecule has 1 unspecified atom stereocenters. The van der Waals surface area contributed by atoms with E-state index < -0.39 is 11.7 Å². The lowest BCUT2D eigenvalue weighted by molar-refractivity contribution is 0.0534. The van der Waals surface area contributed by atoms with Crippen molar-refractivity contribution in [3.05, 3.63) is 70.3 Å². The molecule has 3 N–H and O–H groups in total. The van der Waals surface area contributed by atoms with E-state index in [1.54, 1.807) is 0 Å². The molecule has 0 spiro atoms. The number of aliphatic hydroxyl groups excluding tert-OH is 2. The molecule has 1 atom stereocenters. The first-order valence-corrected chi connectivity index (χ1v) is 12.7. The maximum Gasteiger partial charge on any atom is 0.122 e. The van der Waals surface area contributed by atoms with Gasteiger partial charge >= 0.3 is 0 Å². The van der Waals surface area contributed by atoms with E-state index in [0.29, 0.717) is 12.8 Å². The van der Waals surface area contributed by atoms with Crippen molar-refractivity contribution in [2.45, 2.75) is 91.3 Å². The summed E-state index contributed by atoms with van der Waals surface area (Å²) >= 11 is 0. The second kappa shape index (κ2) is 12.0. The molecule has 4 heteroatoms. The molecule has 0 saturated carbocycles. The highest BCUT2D eigenvalue weighted by molar-refractivity contribution is 5.68. The molecule has 0 aliphatic rings. The summed E-state index contributed by atoms with van der Waals surface area (Å²) in [6, 6.07) is 13.0. The third-order valence-corrected chi connectivity index (χ3v) is 7.49. The molecule has 188 valence electrons. The molecule has 4 nitrogen and oxygen atoms in total. The van der Waals surface area contributed by atoms with Crippen molar-refractivity contribution in [1.82, 2.24) is 0 Å². The number of aryl methyl sites for hydroxylation is 2. The van der Waals surface area contributed by atoms with Crippen molar-refractivity contribution in [3.63, 3.8) is 0 Å². The maximum atomic E-state index is 10.8. The predicted octanol–water partition coefficient (Wildman–Crippen LogP) is 6.10. The summed E-state index contributed by atoms with van der Waals surface area (Å²) in [7, 11) is 0. The van der Waals surface area contributed by atoms with Gasteiger partial charge in [-0.05, 0) is 92.0 Å². The fourth-order valence-electron chi connectivity index (χ4n) is 4.92. The molecule has 0 radical (unpaired) electrons.